The fourth-order valence-corrected chi connectivity index (χ4v) is 4.94. The van der Waals surface area contributed by atoms with Crippen LogP contribution in [0.3, 0.4) is 0 Å². The number of aromatic nitrogens is 4. The summed E-state index contributed by atoms with van der Waals surface area (Å²) in [4.78, 5) is 31.5. The predicted molar refractivity (Wildman–Crippen MR) is 143 cm³/mol. The van der Waals surface area contributed by atoms with Gasteiger partial charge in [-0.15, -0.1) is 0 Å². The van der Waals surface area contributed by atoms with E-state index < -0.39 is 0 Å². The van der Waals surface area contributed by atoms with Crippen molar-refractivity contribution in [3.8, 4) is 17.1 Å². The van der Waals surface area contributed by atoms with E-state index in [2.05, 4.69) is 27.6 Å². The van der Waals surface area contributed by atoms with Crippen LogP contribution in [0.15, 0.2) is 77.8 Å². The maximum atomic E-state index is 13.0. The monoisotopic (exact) mass is 495 g/mol. The second kappa shape index (κ2) is 9.52. The van der Waals surface area contributed by atoms with Crippen LogP contribution in [0.25, 0.3) is 28.2 Å². The Hall–Kier alpha value is -4.08. The molecule has 4 heterocycles. The van der Waals surface area contributed by atoms with Gasteiger partial charge in [0.15, 0.2) is 22.8 Å². The van der Waals surface area contributed by atoms with Crippen LogP contribution in [0.4, 0.5) is 11.5 Å². The van der Waals surface area contributed by atoms with Gasteiger partial charge in [-0.05, 0) is 42.8 Å². The van der Waals surface area contributed by atoms with Gasteiger partial charge in [0.05, 0.1) is 5.69 Å². The fourth-order valence-electron chi connectivity index (χ4n) is 4.31. The summed E-state index contributed by atoms with van der Waals surface area (Å²) in [6, 6.07) is 19.5. The van der Waals surface area contributed by atoms with Gasteiger partial charge in [0.2, 0.25) is 0 Å². The number of anilines is 2. The predicted octanol–water partition coefficient (Wildman–Crippen LogP) is 4.68. The summed E-state index contributed by atoms with van der Waals surface area (Å²) in [5.74, 6) is 1.26. The Morgan fingerprint density at radius 2 is 1.72 bits per heavy atom. The lowest BCUT2D eigenvalue weighted by Gasteiger charge is -2.32. The highest BCUT2D eigenvalue weighted by atomic mass is 32.1. The molecule has 6 rings (SSSR count). The van der Waals surface area contributed by atoms with Crippen molar-refractivity contribution in [1.82, 2.24) is 29.3 Å². The van der Waals surface area contributed by atoms with E-state index in [9.17, 15) is 4.79 Å². The summed E-state index contributed by atoms with van der Waals surface area (Å²) in [6.07, 6.45) is 1.78. The normalized spacial score (nSPS) is 14.3. The topological polar surface area (TPSA) is 79.2 Å². The SMILES string of the molecule is CN1CCN(C(=O)c2ccc(-c3nc(Nc4ccccc4)c4ncn(-c5ccsc5)c4n3)cc2)CC1. The molecule has 1 amide bonds. The Morgan fingerprint density at radius 1 is 0.944 bits per heavy atom. The van der Waals surface area contributed by atoms with E-state index in [0.29, 0.717) is 22.7 Å². The molecule has 1 saturated heterocycles. The lowest BCUT2D eigenvalue weighted by atomic mass is 10.1. The second-order valence-electron chi connectivity index (χ2n) is 8.83. The maximum absolute atomic E-state index is 13.0. The van der Waals surface area contributed by atoms with E-state index >= 15 is 0 Å². The van der Waals surface area contributed by atoms with Crippen LogP contribution in [0, 0.1) is 0 Å². The first-order valence-corrected chi connectivity index (χ1v) is 12.8. The summed E-state index contributed by atoms with van der Waals surface area (Å²) >= 11 is 1.62. The van der Waals surface area contributed by atoms with Gasteiger partial charge in [0.1, 0.15) is 6.33 Å². The van der Waals surface area contributed by atoms with Crippen molar-refractivity contribution in [2.75, 3.05) is 38.5 Å². The van der Waals surface area contributed by atoms with Gasteiger partial charge in [0, 0.05) is 48.4 Å². The Morgan fingerprint density at radius 3 is 2.44 bits per heavy atom. The van der Waals surface area contributed by atoms with E-state index in [1.807, 2.05) is 75.5 Å². The zero-order valence-corrected chi connectivity index (χ0v) is 20.7. The molecule has 1 aliphatic rings. The van der Waals surface area contributed by atoms with Crippen molar-refractivity contribution in [3.63, 3.8) is 0 Å². The maximum Gasteiger partial charge on any atom is 0.253 e. The Labute approximate surface area is 212 Å². The second-order valence-corrected chi connectivity index (χ2v) is 9.61. The van der Waals surface area contributed by atoms with Crippen molar-refractivity contribution >= 4 is 39.9 Å². The number of fused-ring (bicyclic) bond motifs is 1. The summed E-state index contributed by atoms with van der Waals surface area (Å²) in [5, 5.41) is 7.49. The van der Waals surface area contributed by atoms with Crippen molar-refractivity contribution in [2.45, 2.75) is 0 Å². The Bertz CT molecular complexity index is 1490. The van der Waals surface area contributed by atoms with Gasteiger partial charge >= 0.3 is 0 Å². The zero-order chi connectivity index (χ0) is 24.5. The molecule has 0 aliphatic carbocycles. The smallest absolute Gasteiger partial charge is 0.253 e. The summed E-state index contributed by atoms with van der Waals surface area (Å²) < 4.78 is 1.97. The van der Waals surface area contributed by atoms with Crippen LogP contribution in [0.5, 0.6) is 0 Å². The standard InChI is InChI=1S/C27H25N7OS/c1-32-12-14-33(15-13-32)27(35)20-9-7-19(8-10-20)24-30-25(29-21-5-3-2-4-6-21)23-26(31-24)34(18-28-23)22-11-16-36-17-22/h2-11,16-18H,12-15H2,1H3,(H,29,30,31). The van der Waals surface area contributed by atoms with Crippen LogP contribution in [0.1, 0.15) is 10.4 Å². The molecule has 0 atom stereocenters. The Kier molecular flexibility index (Phi) is 5.92. The highest BCUT2D eigenvalue weighted by Gasteiger charge is 2.21. The highest BCUT2D eigenvalue weighted by Crippen LogP contribution is 2.29. The van der Waals surface area contributed by atoms with Crippen molar-refractivity contribution in [1.29, 1.82) is 0 Å². The van der Waals surface area contributed by atoms with E-state index in [1.54, 1.807) is 17.7 Å². The number of thiophene rings is 1. The average molecular weight is 496 g/mol. The zero-order valence-electron chi connectivity index (χ0n) is 19.8. The molecule has 1 aliphatic heterocycles. The number of hydrogen-bond donors (Lipinski definition) is 1. The number of imidazole rings is 1. The number of para-hydroxylation sites is 1. The quantitative estimate of drug-likeness (QED) is 0.382. The number of piperazine rings is 1. The van der Waals surface area contributed by atoms with Crippen molar-refractivity contribution in [2.24, 2.45) is 0 Å². The fraction of sp³-hybridized carbons (Fsp3) is 0.185. The third-order valence-corrected chi connectivity index (χ3v) is 7.07. The molecule has 0 radical (unpaired) electrons. The lowest BCUT2D eigenvalue weighted by molar-refractivity contribution is 0.0664. The molecule has 1 N–H and O–H groups in total. The number of nitrogens with one attached hydrogen (secondary N) is 1. The molecule has 1 fully saturated rings. The molecule has 0 saturated carbocycles. The number of benzene rings is 2. The van der Waals surface area contributed by atoms with E-state index in [-0.39, 0.29) is 5.91 Å². The number of likely N-dealkylation sites (N-methyl/N-ethyl adjacent to an activating group) is 1. The van der Waals surface area contributed by atoms with Gasteiger partial charge in [-0.25, -0.2) is 15.0 Å². The number of hydrogen-bond acceptors (Lipinski definition) is 7. The van der Waals surface area contributed by atoms with Gasteiger partial charge in [-0.3, -0.25) is 9.36 Å². The summed E-state index contributed by atoms with van der Waals surface area (Å²) in [7, 11) is 2.08. The number of carbonyl (C=O) groups is 1. The van der Waals surface area contributed by atoms with E-state index in [0.717, 1.165) is 48.8 Å². The first kappa shape index (κ1) is 22.4. The number of carbonyl (C=O) groups excluding carboxylic acids is 1. The van der Waals surface area contributed by atoms with Crippen molar-refractivity contribution in [3.05, 3.63) is 83.3 Å². The third kappa shape index (κ3) is 4.34. The molecule has 0 unspecified atom stereocenters. The van der Waals surface area contributed by atoms with Crippen molar-refractivity contribution < 1.29 is 4.79 Å². The molecule has 180 valence electrons. The van der Waals surface area contributed by atoms with Gasteiger partial charge in [-0.2, -0.15) is 11.3 Å². The highest BCUT2D eigenvalue weighted by molar-refractivity contribution is 7.08. The molecule has 5 aromatic rings. The summed E-state index contributed by atoms with van der Waals surface area (Å²) in [6.45, 7) is 3.29. The third-order valence-electron chi connectivity index (χ3n) is 6.40. The molecule has 8 nitrogen and oxygen atoms in total. The number of rotatable bonds is 5. The minimum absolute atomic E-state index is 0.0630. The molecule has 3 aromatic heterocycles. The van der Waals surface area contributed by atoms with Gasteiger partial charge in [-0.1, -0.05) is 30.3 Å². The molecule has 9 heteroatoms. The van der Waals surface area contributed by atoms with Crippen LogP contribution in [0.2, 0.25) is 0 Å². The number of nitrogens with zero attached hydrogens (tertiary/aromatic N) is 6. The van der Waals surface area contributed by atoms with E-state index in [1.165, 1.54) is 0 Å². The average Bonchev–Trinajstić information content (AvgIpc) is 3.60. The van der Waals surface area contributed by atoms with Gasteiger partial charge in [0.25, 0.3) is 5.91 Å². The van der Waals surface area contributed by atoms with Crippen LogP contribution in [-0.2, 0) is 0 Å². The largest absolute Gasteiger partial charge is 0.338 e. The Balaban J connectivity index is 1.37. The lowest BCUT2D eigenvalue weighted by Crippen LogP contribution is -2.47. The minimum atomic E-state index is 0.0630. The first-order chi connectivity index (χ1) is 17.7. The minimum Gasteiger partial charge on any atom is -0.338 e. The van der Waals surface area contributed by atoms with Gasteiger partial charge < -0.3 is 15.1 Å². The molecule has 0 bridgehead atoms. The molecule has 0 spiro atoms. The number of amides is 1. The molecular formula is C27H25N7OS. The first-order valence-electron chi connectivity index (χ1n) is 11.8. The molecule has 36 heavy (non-hydrogen) atoms. The summed E-state index contributed by atoms with van der Waals surface area (Å²) in [5.41, 5.74) is 4.84. The van der Waals surface area contributed by atoms with Crippen LogP contribution >= 0.6 is 11.3 Å². The molecule has 2 aromatic carbocycles. The van der Waals surface area contributed by atoms with Crippen LogP contribution in [-0.4, -0.2) is 68.5 Å². The van der Waals surface area contributed by atoms with Crippen LogP contribution < -0.4 is 5.32 Å². The molecular weight excluding hydrogens is 470 g/mol. The van der Waals surface area contributed by atoms with E-state index in [4.69, 9.17) is 9.97 Å².